The highest BCUT2D eigenvalue weighted by Gasteiger charge is 2.12. The van der Waals surface area contributed by atoms with Crippen LogP contribution in [0, 0.1) is 5.82 Å². The quantitative estimate of drug-likeness (QED) is 0.784. The molecule has 0 radical (unpaired) electrons. The Bertz CT molecular complexity index is 337. The average molecular weight is 193 g/mol. The number of benzene rings is 1. The highest BCUT2D eigenvalue weighted by Crippen LogP contribution is 2.15. The van der Waals surface area contributed by atoms with Crippen molar-refractivity contribution in [1.29, 1.82) is 0 Å². The normalized spacial score (nSPS) is 11.4. The first-order valence-corrected chi connectivity index (χ1v) is 4.62. The second kappa shape index (κ2) is 3.93. The maximum Gasteiger partial charge on any atom is 0.130 e. The maximum atomic E-state index is 13.3. The van der Waals surface area contributed by atoms with Crippen molar-refractivity contribution in [3.8, 4) is 0 Å². The third-order valence-electron chi connectivity index (χ3n) is 1.94. The molecule has 1 aromatic rings. The average Bonchev–Trinajstić information content (AvgIpc) is 2.01. The fourth-order valence-corrected chi connectivity index (χ4v) is 1.37. The van der Waals surface area contributed by atoms with Gasteiger partial charge in [0, 0.05) is 11.1 Å². The van der Waals surface area contributed by atoms with Gasteiger partial charge in [0.1, 0.15) is 5.82 Å². The van der Waals surface area contributed by atoms with Crippen LogP contribution in [0.2, 0.25) is 0 Å². The van der Waals surface area contributed by atoms with Gasteiger partial charge in [-0.1, -0.05) is 24.8 Å². The molecule has 76 valence electrons. The van der Waals surface area contributed by atoms with Crippen LogP contribution in [0.4, 0.5) is 4.39 Å². The first-order valence-electron chi connectivity index (χ1n) is 4.62. The molecule has 1 rings (SSSR count). The van der Waals surface area contributed by atoms with E-state index in [0.717, 1.165) is 5.56 Å². The molecule has 14 heavy (non-hydrogen) atoms. The van der Waals surface area contributed by atoms with Gasteiger partial charge in [0.15, 0.2) is 0 Å². The molecule has 0 fully saturated rings. The maximum absolute atomic E-state index is 13.3. The predicted octanol–water partition coefficient (Wildman–Crippen LogP) is 2.75. The van der Waals surface area contributed by atoms with Gasteiger partial charge < -0.3 is 5.73 Å². The summed E-state index contributed by atoms with van der Waals surface area (Å²) in [4.78, 5) is 0. The van der Waals surface area contributed by atoms with Gasteiger partial charge in [-0.2, -0.15) is 0 Å². The van der Waals surface area contributed by atoms with Crippen LogP contribution in [0.5, 0.6) is 0 Å². The van der Waals surface area contributed by atoms with E-state index in [4.69, 9.17) is 5.73 Å². The lowest BCUT2D eigenvalue weighted by Crippen LogP contribution is -2.34. The van der Waals surface area contributed by atoms with Crippen molar-refractivity contribution in [2.24, 2.45) is 5.73 Å². The summed E-state index contributed by atoms with van der Waals surface area (Å²) < 4.78 is 13.3. The van der Waals surface area contributed by atoms with Gasteiger partial charge in [0.2, 0.25) is 0 Å². The van der Waals surface area contributed by atoms with E-state index in [-0.39, 0.29) is 11.4 Å². The fraction of sp³-hybridized carbons (Fsp3) is 0.333. The van der Waals surface area contributed by atoms with Crippen molar-refractivity contribution >= 4 is 6.08 Å². The van der Waals surface area contributed by atoms with Crippen molar-refractivity contribution < 1.29 is 4.39 Å². The topological polar surface area (TPSA) is 26.0 Å². The van der Waals surface area contributed by atoms with Crippen molar-refractivity contribution in [3.05, 3.63) is 41.7 Å². The summed E-state index contributed by atoms with van der Waals surface area (Å²) in [6, 6.07) is 5.13. The molecule has 1 aromatic carbocycles. The zero-order valence-corrected chi connectivity index (χ0v) is 8.68. The molecule has 0 bridgehead atoms. The molecule has 0 saturated heterocycles. The van der Waals surface area contributed by atoms with Gasteiger partial charge in [-0.25, -0.2) is 4.39 Å². The van der Waals surface area contributed by atoms with Crippen LogP contribution in [0.25, 0.3) is 6.08 Å². The van der Waals surface area contributed by atoms with E-state index < -0.39 is 0 Å². The molecular weight excluding hydrogens is 177 g/mol. The van der Waals surface area contributed by atoms with Crippen molar-refractivity contribution in [2.45, 2.75) is 25.8 Å². The summed E-state index contributed by atoms with van der Waals surface area (Å²) >= 11 is 0. The Morgan fingerprint density at radius 3 is 2.57 bits per heavy atom. The minimum Gasteiger partial charge on any atom is -0.325 e. The molecule has 2 heteroatoms. The summed E-state index contributed by atoms with van der Waals surface area (Å²) in [6.07, 6.45) is 2.17. The lowest BCUT2D eigenvalue weighted by atomic mass is 9.95. The van der Waals surface area contributed by atoms with Crippen molar-refractivity contribution in [3.63, 3.8) is 0 Å². The van der Waals surface area contributed by atoms with Crippen molar-refractivity contribution in [2.75, 3.05) is 0 Å². The molecule has 0 saturated carbocycles. The Labute approximate surface area is 84.4 Å². The van der Waals surface area contributed by atoms with Crippen LogP contribution in [-0.2, 0) is 6.42 Å². The van der Waals surface area contributed by atoms with E-state index >= 15 is 0 Å². The summed E-state index contributed by atoms with van der Waals surface area (Å²) in [5, 5.41) is 0. The van der Waals surface area contributed by atoms with E-state index in [1.165, 1.54) is 12.1 Å². The van der Waals surface area contributed by atoms with Crippen LogP contribution in [0.1, 0.15) is 25.0 Å². The zero-order chi connectivity index (χ0) is 10.8. The number of halogens is 1. The smallest absolute Gasteiger partial charge is 0.130 e. The summed E-state index contributed by atoms with van der Waals surface area (Å²) in [7, 11) is 0. The van der Waals surface area contributed by atoms with Crippen molar-refractivity contribution in [1.82, 2.24) is 0 Å². The monoisotopic (exact) mass is 193 g/mol. The molecule has 0 amide bonds. The second-order valence-corrected chi connectivity index (χ2v) is 4.23. The number of hydrogen-bond donors (Lipinski definition) is 1. The first kappa shape index (κ1) is 10.9. The van der Waals surface area contributed by atoms with Gasteiger partial charge in [-0.3, -0.25) is 0 Å². The third-order valence-corrected chi connectivity index (χ3v) is 1.94. The Hall–Kier alpha value is -1.15. The Balaban J connectivity index is 2.92. The van der Waals surface area contributed by atoms with Crippen LogP contribution >= 0.6 is 0 Å². The van der Waals surface area contributed by atoms with Gasteiger partial charge in [0.25, 0.3) is 0 Å². The minimum absolute atomic E-state index is 0.234. The molecule has 0 unspecified atom stereocenters. The molecule has 0 atom stereocenters. The molecule has 1 nitrogen and oxygen atoms in total. The lowest BCUT2D eigenvalue weighted by molar-refractivity contribution is 0.514. The van der Waals surface area contributed by atoms with E-state index in [1.54, 1.807) is 6.07 Å². The fourth-order valence-electron chi connectivity index (χ4n) is 1.37. The molecule has 0 spiro atoms. The highest BCUT2D eigenvalue weighted by atomic mass is 19.1. The summed E-state index contributed by atoms with van der Waals surface area (Å²) in [5.41, 5.74) is 6.99. The van der Waals surface area contributed by atoms with E-state index in [2.05, 4.69) is 6.58 Å². The largest absolute Gasteiger partial charge is 0.325 e. The number of rotatable bonds is 3. The highest BCUT2D eigenvalue weighted by molar-refractivity contribution is 5.48. The molecule has 0 aromatic heterocycles. The standard InChI is InChI=1S/C12H16FN/c1-4-10-6-5-9(7-11(10)13)8-12(2,3)14/h4-7H,1,8,14H2,2-3H3. The summed E-state index contributed by atoms with van der Waals surface area (Å²) in [5.74, 6) is -0.234. The molecule has 0 heterocycles. The van der Waals surface area contributed by atoms with Gasteiger partial charge in [-0.05, 0) is 31.9 Å². The van der Waals surface area contributed by atoms with E-state index in [9.17, 15) is 4.39 Å². The molecule has 2 N–H and O–H groups in total. The Kier molecular flexibility index (Phi) is 3.06. The van der Waals surface area contributed by atoms with Gasteiger partial charge >= 0.3 is 0 Å². The third kappa shape index (κ3) is 2.96. The minimum atomic E-state index is -0.303. The molecular formula is C12H16FN. The second-order valence-electron chi connectivity index (χ2n) is 4.23. The van der Waals surface area contributed by atoms with Gasteiger partial charge in [-0.15, -0.1) is 0 Å². The Morgan fingerprint density at radius 1 is 1.50 bits per heavy atom. The SMILES string of the molecule is C=Cc1ccc(CC(C)(C)N)cc1F. The van der Waals surface area contributed by atoms with Crippen LogP contribution < -0.4 is 5.73 Å². The Morgan fingerprint density at radius 2 is 2.14 bits per heavy atom. The lowest BCUT2D eigenvalue weighted by Gasteiger charge is -2.18. The van der Waals surface area contributed by atoms with Crippen LogP contribution in [0.3, 0.4) is 0 Å². The number of nitrogens with two attached hydrogens (primary N) is 1. The summed E-state index contributed by atoms with van der Waals surface area (Å²) in [6.45, 7) is 7.38. The predicted molar refractivity (Wildman–Crippen MR) is 58.5 cm³/mol. The van der Waals surface area contributed by atoms with Gasteiger partial charge in [0.05, 0.1) is 0 Å². The molecule has 0 aliphatic carbocycles. The van der Waals surface area contributed by atoms with Crippen LogP contribution in [0.15, 0.2) is 24.8 Å². The van der Waals surface area contributed by atoms with Crippen LogP contribution in [-0.4, -0.2) is 5.54 Å². The van der Waals surface area contributed by atoms with E-state index in [1.807, 2.05) is 19.9 Å². The number of hydrogen-bond acceptors (Lipinski definition) is 1. The first-order chi connectivity index (χ1) is 6.42. The molecule has 0 aliphatic heterocycles. The molecule has 0 aliphatic rings. The zero-order valence-electron chi connectivity index (χ0n) is 8.68. The van der Waals surface area contributed by atoms with E-state index in [0.29, 0.717) is 12.0 Å².